The molecule has 1 aliphatic carbocycles. The number of aromatic amines is 1. The number of aromatic nitrogens is 2. The molecule has 24 heavy (non-hydrogen) atoms. The molecule has 0 bridgehead atoms. The fraction of sp³-hybridized carbons (Fsp3) is 0.300. The van der Waals surface area contributed by atoms with Gasteiger partial charge in [0.2, 0.25) is 0 Å². The average Bonchev–Trinajstić information content (AvgIpc) is 3.31. The van der Waals surface area contributed by atoms with Gasteiger partial charge in [0, 0.05) is 41.9 Å². The van der Waals surface area contributed by atoms with E-state index in [1.54, 1.807) is 6.20 Å². The SMILES string of the molecule is CN(C(=O)c1ccc(-c2ccc3[nH]ccc3c2)nc1)C1CCCC1. The van der Waals surface area contributed by atoms with E-state index in [2.05, 4.69) is 22.1 Å². The quantitative estimate of drug-likeness (QED) is 0.785. The van der Waals surface area contributed by atoms with Crippen LogP contribution in [-0.2, 0) is 0 Å². The summed E-state index contributed by atoms with van der Waals surface area (Å²) in [6, 6.07) is 12.5. The van der Waals surface area contributed by atoms with Crippen molar-refractivity contribution in [2.45, 2.75) is 31.7 Å². The zero-order valence-corrected chi connectivity index (χ0v) is 13.8. The van der Waals surface area contributed by atoms with Gasteiger partial charge >= 0.3 is 0 Å². The van der Waals surface area contributed by atoms with E-state index in [9.17, 15) is 4.79 Å². The summed E-state index contributed by atoms with van der Waals surface area (Å²) in [5.41, 5.74) is 3.73. The molecule has 0 unspecified atom stereocenters. The molecule has 0 atom stereocenters. The van der Waals surface area contributed by atoms with Crippen LogP contribution >= 0.6 is 0 Å². The number of hydrogen-bond donors (Lipinski definition) is 1. The number of amides is 1. The van der Waals surface area contributed by atoms with E-state index in [1.165, 1.54) is 12.8 Å². The monoisotopic (exact) mass is 319 g/mol. The molecule has 0 spiro atoms. The predicted octanol–water partition coefficient (Wildman–Crippen LogP) is 4.24. The minimum atomic E-state index is 0.0713. The van der Waals surface area contributed by atoms with Gasteiger partial charge in [0.05, 0.1) is 11.3 Å². The molecular weight excluding hydrogens is 298 g/mol. The van der Waals surface area contributed by atoms with Crippen molar-refractivity contribution in [3.05, 3.63) is 54.4 Å². The van der Waals surface area contributed by atoms with Crippen LogP contribution in [0.4, 0.5) is 0 Å². The number of nitrogens with one attached hydrogen (secondary N) is 1. The largest absolute Gasteiger partial charge is 0.361 e. The van der Waals surface area contributed by atoms with Crippen molar-refractivity contribution in [2.75, 3.05) is 7.05 Å². The van der Waals surface area contributed by atoms with Gasteiger partial charge in [-0.15, -0.1) is 0 Å². The van der Waals surface area contributed by atoms with Crippen molar-refractivity contribution in [1.82, 2.24) is 14.9 Å². The Kier molecular flexibility index (Phi) is 3.81. The maximum absolute atomic E-state index is 12.6. The fourth-order valence-corrected chi connectivity index (χ4v) is 3.56. The number of benzene rings is 1. The van der Waals surface area contributed by atoms with E-state index < -0.39 is 0 Å². The van der Waals surface area contributed by atoms with E-state index in [4.69, 9.17) is 0 Å². The number of carbonyl (C=O) groups excluding carboxylic acids is 1. The van der Waals surface area contributed by atoms with Crippen LogP contribution < -0.4 is 0 Å². The van der Waals surface area contributed by atoms with Crippen molar-refractivity contribution >= 4 is 16.8 Å². The lowest BCUT2D eigenvalue weighted by molar-refractivity contribution is 0.0735. The van der Waals surface area contributed by atoms with Crippen LogP contribution in [0.3, 0.4) is 0 Å². The first kappa shape index (κ1) is 14.9. The summed E-state index contributed by atoms with van der Waals surface area (Å²) in [5, 5.41) is 1.16. The lowest BCUT2D eigenvalue weighted by Crippen LogP contribution is -2.35. The van der Waals surface area contributed by atoms with E-state index in [0.717, 1.165) is 35.0 Å². The highest BCUT2D eigenvalue weighted by molar-refractivity contribution is 5.94. The molecule has 2 aromatic heterocycles. The molecule has 4 rings (SSSR count). The third-order valence-corrected chi connectivity index (χ3v) is 5.05. The molecular formula is C20H21N3O. The third-order valence-electron chi connectivity index (χ3n) is 5.05. The lowest BCUT2D eigenvalue weighted by atomic mass is 10.1. The minimum Gasteiger partial charge on any atom is -0.361 e. The van der Waals surface area contributed by atoms with Crippen molar-refractivity contribution in [2.24, 2.45) is 0 Å². The van der Waals surface area contributed by atoms with Crippen LogP contribution in [0.5, 0.6) is 0 Å². The van der Waals surface area contributed by atoms with Gasteiger partial charge in [0.15, 0.2) is 0 Å². The van der Waals surface area contributed by atoms with Gasteiger partial charge in [-0.25, -0.2) is 0 Å². The first-order chi connectivity index (χ1) is 11.7. The highest BCUT2D eigenvalue weighted by Gasteiger charge is 2.24. The highest BCUT2D eigenvalue weighted by Crippen LogP contribution is 2.25. The van der Waals surface area contributed by atoms with Crippen molar-refractivity contribution in [3.63, 3.8) is 0 Å². The molecule has 1 aromatic carbocycles. The van der Waals surface area contributed by atoms with Crippen LogP contribution in [0.1, 0.15) is 36.0 Å². The Morgan fingerprint density at radius 3 is 2.75 bits per heavy atom. The second-order valence-electron chi connectivity index (χ2n) is 6.57. The Labute approximate surface area is 141 Å². The van der Waals surface area contributed by atoms with Crippen molar-refractivity contribution in [1.29, 1.82) is 0 Å². The van der Waals surface area contributed by atoms with Gasteiger partial charge in [-0.05, 0) is 43.2 Å². The van der Waals surface area contributed by atoms with E-state index in [1.807, 2.05) is 42.4 Å². The zero-order valence-electron chi connectivity index (χ0n) is 13.8. The van der Waals surface area contributed by atoms with Crippen molar-refractivity contribution in [3.8, 4) is 11.3 Å². The van der Waals surface area contributed by atoms with Crippen LogP contribution in [-0.4, -0.2) is 33.9 Å². The topological polar surface area (TPSA) is 49.0 Å². The van der Waals surface area contributed by atoms with Gasteiger partial charge in [0.1, 0.15) is 0 Å². The Hall–Kier alpha value is -2.62. The van der Waals surface area contributed by atoms with Gasteiger partial charge in [0.25, 0.3) is 5.91 Å². The normalized spacial score (nSPS) is 15.0. The summed E-state index contributed by atoms with van der Waals surface area (Å²) in [6.45, 7) is 0. The summed E-state index contributed by atoms with van der Waals surface area (Å²) in [5.74, 6) is 0.0713. The molecule has 122 valence electrons. The summed E-state index contributed by atoms with van der Waals surface area (Å²) in [7, 11) is 1.91. The summed E-state index contributed by atoms with van der Waals surface area (Å²) >= 11 is 0. The molecule has 1 N–H and O–H groups in total. The zero-order chi connectivity index (χ0) is 16.5. The maximum Gasteiger partial charge on any atom is 0.255 e. The maximum atomic E-state index is 12.6. The van der Waals surface area contributed by atoms with Crippen LogP contribution in [0.25, 0.3) is 22.2 Å². The van der Waals surface area contributed by atoms with Crippen LogP contribution in [0.2, 0.25) is 0 Å². The molecule has 1 saturated carbocycles. The standard InChI is InChI=1S/C20H21N3O/c1-23(17-4-2-3-5-17)20(24)16-7-9-19(22-13-16)14-6-8-18-15(12-14)10-11-21-18/h6-13,17,21H,2-5H2,1H3. The van der Waals surface area contributed by atoms with E-state index in [0.29, 0.717) is 11.6 Å². The second kappa shape index (κ2) is 6.11. The molecule has 0 aliphatic heterocycles. The molecule has 1 aliphatic rings. The lowest BCUT2D eigenvalue weighted by Gasteiger charge is -2.24. The second-order valence-corrected chi connectivity index (χ2v) is 6.57. The minimum absolute atomic E-state index is 0.0713. The molecule has 1 amide bonds. The molecule has 0 saturated heterocycles. The number of hydrogen-bond acceptors (Lipinski definition) is 2. The number of H-pyrrole nitrogens is 1. The fourth-order valence-electron chi connectivity index (χ4n) is 3.56. The van der Waals surface area contributed by atoms with E-state index >= 15 is 0 Å². The Morgan fingerprint density at radius 2 is 2.00 bits per heavy atom. The molecule has 1 fully saturated rings. The highest BCUT2D eigenvalue weighted by atomic mass is 16.2. The summed E-state index contributed by atoms with van der Waals surface area (Å²) in [6.07, 6.45) is 8.31. The van der Waals surface area contributed by atoms with Crippen LogP contribution in [0, 0.1) is 0 Å². The first-order valence-corrected chi connectivity index (χ1v) is 8.53. The molecule has 4 nitrogen and oxygen atoms in total. The number of carbonyl (C=O) groups is 1. The molecule has 4 heteroatoms. The Balaban J connectivity index is 1.56. The third kappa shape index (κ3) is 2.68. The number of rotatable bonds is 3. The van der Waals surface area contributed by atoms with Gasteiger partial charge < -0.3 is 9.88 Å². The van der Waals surface area contributed by atoms with Crippen LogP contribution in [0.15, 0.2) is 48.8 Å². The van der Waals surface area contributed by atoms with Gasteiger partial charge in [-0.3, -0.25) is 9.78 Å². The summed E-state index contributed by atoms with van der Waals surface area (Å²) in [4.78, 5) is 22.2. The number of pyridine rings is 1. The Morgan fingerprint density at radius 1 is 1.17 bits per heavy atom. The van der Waals surface area contributed by atoms with Gasteiger partial charge in [-0.2, -0.15) is 0 Å². The number of nitrogens with zero attached hydrogens (tertiary/aromatic N) is 2. The molecule has 0 radical (unpaired) electrons. The molecule has 2 heterocycles. The number of fused-ring (bicyclic) bond motifs is 1. The Bertz CT molecular complexity index is 860. The van der Waals surface area contributed by atoms with E-state index in [-0.39, 0.29) is 5.91 Å². The van der Waals surface area contributed by atoms with Gasteiger partial charge in [-0.1, -0.05) is 18.9 Å². The summed E-state index contributed by atoms with van der Waals surface area (Å²) < 4.78 is 0. The average molecular weight is 319 g/mol. The molecule has 3 aromatic rings. The van der Waals surface area contributed by atoms with Crippen molar-refractivity contribution < 1.29 is 4.79 Å². The predicted molar refractivity (Wildman–Crippen MR) is 95.9 cm³/mol. The smallest absolute Gasteiger partial charge is 0.255 e. The first-order valence-electron chi connectivity index (χ1n) is 8.53.